The minimum absolute atomic E-state index is 0.0560. The number of benzene rings is 3. The van der Waals surface area contributed by atoms with E-state index in [0.717, 1.165) is 32.3 Å². The van der Waals surface area contributed by atoms with Crippen LogP contribution in [0.4, 0.5) is 5.69 Å². The van der Waals surface area contributed by atoms with E-state index in [1.807, 2.05) is 70.3 Å². The lowest BCUT2D eigenvalue weighted by atomic mass is 10.1. The maximum atomic E-state index is 14.0. The van der Waals surface area contributed by atoms with E-state index in [-0.39, 0.29) is 23.4 Å². The highest BCUT2D eigenvalue weighted by atomic mass is 32.2. The van der Waals surface area contributed by atoms with Crippen molar-refractivity contribution in [2.24, 2.45) is 0 Å². The van der Waals surface area contributed by atoms with Gasteiger partial charge in [0.15, 0.2) is 0 Å². The van der Waals surface area contributed by atoms with Crippen molar-refractivity contribution in [1.29, 1.82) is 0 Å². The van der Waals surface area contributed by atoms with Gasteiger partial charge in [-0.3, -0.25) is 13.9 Å². The molecule has 0 saturated heterocycles. The summed E-state index contributed by atoms with van der Waals surface area (Å²) in [7, 11) is -4.09. The quantitative estimate of drug-likeness (QED) is 0.283. The summed E-state index contributed by atoms with van der Waals surface area (Å²) in [4.78, 5) is 29.6. The van der Waals surface area contributed by atoms with Crippen LogP contribution in [0.2, 0.25) is 0 Å². The fraction of sp³-hybridized carbons (Fsp3) is 0.355. The second kappa shape index (κ2) is 13.9. The topological polar surface area (TPSA) is 86.8 Å². The van der Waals surface area contributed by atoms with Gasteiger partial charge in [-0.05, 0) is 82.3 Å². The number of hydrogen-bond donors (Lipinski definition) is 1. The number of hydrogen-bond acceptors (Lipinski definition) is 5. The molecule has 40 heavy (non-hydrogen) atoms. The van der Waals surface area contributed by atoms with Crippen molar-refractivity contribution in [2.45, 2.75) is 69.5 Å². The molecule has 3 rings (SSSR count). The van der Waals surface area contributed by atoms with E-state index in [1.165, 1.54) is 16.7 Å². The van der Waals surface area contributed by atoms with E-state index in [4.69, 9.17) is 0 Å². The number of aryl methyl sites for hydroxylation is 2. The SMILES string of the molecule is CC[C@@H](C)NC(=O)[C@@H](C)N(Cc1cccc(C)c1)C(=O)CN(c1ccc(C)cc1)S(=O)(=O)c1ccc(SC)cc1. The molecule has 0 heterocycles. The number of carbonyl (C=O) groups excluding carboxylic acids is 2. The molecule has 1 N–H and O–H groups in total. The first-order valence-corrected chi connectivity index (χ1v) is 16.0. The number of nitrogens with zero attached hydrogens (tertiary/aromatic N) is 2. The molecule has 0 aliphatic heterocycles. The molecule has 0 fully saturated rings. The molecular weight excluding hydrogens is 542 g/mol. The van der Waals surface area contributed by atoms with Crippen LogP contribution in [-0.4, -0.2) is 50.0 Å². The van der Waals surface area contributed by atoms with Gasteiger partial charge in [0.25, 0.3) is 10.0 Å². The summed E-state index contributed by atoms with van der Waals surface area (Å²) in [5, 5.41) is 2.95. The first-order chi connectivity index (χ1) is 19.0. The van der Waals surface area contributed by atoms with Crippen molar-refractivity contribution in [3.8, 4) is 0 Å². The fourth-order valence-corrected chi connectivity index (χ4v) is 5.99. The molecule has 0 aromatic heterocycles. The highest BCUT2D eigenvalue weighted by Gasteiger charge is 2.32. The van der Waals surface area contributed by atoms with Gasteiger partial charge in [-0.15, -0.1) is 11.8 Å². The van der Waals surface area contributed by atoms with Gasteiger partial charge in [0, 0.05) is 17.5 Å². The van der Waals surface area contributed by atoms with Crippen molar-refractivity contribution >= 4 is 39.3 Å². The molecule has 3 aromatic carbocycles. The van der Waals surface area contributed by atoms with Crippen LogP contribution >= 0.6 is 11.8 Å². The Hall–Kier alpha value is -3.30. The summed E-state index contributed by atoms with van der Waals surface area (Å²) in [6.07, 6.45) is 2.67. The number of nitrogens with one attached hydrogen (secondary N) is 1. The van der Waals surface area contributed by atoms with Crippen molar-refractivity contribution in [3.05, 3.63) is 89.5 Å². The maximum Gasteiger partial charge on any atom is 0.264 e. The third kappa shape index (κ3) is 7.88. The monoisotopic (exact) mass is 581 g/mol. The third-order valence-electron chi connectivity index (χ3n) is 6.85. The predicted octanol–water partition coefficient (Wildman–Crippen LogP) is 5.55. The van der Waals surface area contributed by atoms with E-state index in [2.05, 4.69) is 5.32 Å². The summed E-state index contributed by atoms with van der Waals surface area (Å²) in [6, 6.07) is 20.5. The van der Waals surface area contributed by atoms with Gasteiger partial charge in [-0.25, -0.2) is 8.42 Å². The van der Waals surface area contributed by atoms with Gasteiger partial charge in [0.1, 0.15) is 12.6 Å². The lowest BCUT2D eigenvalue weighted by Gasteiger charge is -2.32. The zero-order chi connectivity index (χ0) is 29.4. The van der Waals surface area contributed by atoms with E-state index in [0.29, 0.717) is 5.69 Å². The average molecular weight is 582 g/mol. The summed E-state index contributed by atoms with van der Waals surface area (Å²) in [5.74, 6) is -0.758. The van der Waals surface area contributed by atoms with Crippen LogP contribution in [0.3, 0.4) is 0 Å². The van der Waals surface area contributed by atoms with E-state index in [1.54, 1.807) is 43.3 Å². The summed E-state index contributed by atoms with van der Waals surface area (Å²) in [5.41, 5.74) is 3.22. The van der Waals surface area contributed by atoms with Gasteiger partial charge in [-0.1, -0.05) is 54.4 Å². The molecule has 2 amide bonds. The molecule has 0 spiro atoms. The molecule has 3 aromatic rings. The number of thioether (sulfide) groups is 1. The fourth-order valence-electron chi connectivity index (χ4n) is 4.17. The van der Waals surface area contributed by atoms with Gasteiger partial charge >= 0.3 is 0 Å². The smallest absolute Gasteiger partial charge is 0.264 e. The lowest BCUT2D eigenvalue weighted by Crippen LogP contribution is -2.52. The Morgan fingerprint density at radius 2 is 1.57 bits per heavy atom. The standard InChI is InChI=1S/C31H39N3O4S2/c1-7-24(4)32-31(36)25(5)33(20-26-10-8-9-23(3)19-26)30(35)21-34(27-13-11-22(2)12-14-27)40(37,38)29-17-15-28(39-6)16-18-29/h8-19,24-25H,7,20-21H2,1-6H3,(H,32,36)/t24-,25-/m1/s1. The second-order valence-corrected chi connectivity index (χ2v) is 12.8. The minimum Gasteiger partial charge on any atom is -0.352 e. The zero-order valence-electron chi connectivity index (χ0n) is 24.0. The Balaban J connectivity index is 2.02. The van der Waals surface area contributed by atoms with Crippen molar-refractivity contribution in [1.82, 2.24) is 10.2 Å². The second-order valence-electron chi connectivity index (χ2n) is 10.0. The summed E-state index contributed by atoms with van der Waals surface area (Å²) < 4.78 is 29.0. The molecule has 0 aliphatic rings. The summed E-state index contributed by atoms with van der Waals surface area (Å²) in [6.45, 7) is 9.14. The Labute approximate surface area is 243 Å². The molecule has 214 valence electrons. The Morgan fingerprint density at radius 1 is 0.925 bits per heavy atom. The van der Waals surface area contributed by atoms with Crippen molar-refractivity contribution in [3.63, 3.8) is 0 Å². The van der Waals surface area contributed by atoms with Gasteiger partial charge in [0.05, 0.1) is 10.6 Å². The summed E-state index contributed by atoms with van der Waals surface area (Å²) >= 11 is 1.52. The lowest BCUT2D eigenvalue weighted by molar-refractivity contribution is -0.139. The molecule has 0 radical (unpaired) electrons. The first-order valence-electron chi connectivity index (χ1n) is 13.3. The Kier molecular flexibility index (Phi) is 10.8. The number of anilines is 1. The molecule has 0 aliphatic carbocycles. The average Bonchev–Trinajstić information content (AvgIpc) is 2.94. The van der Waals surface area contributed by atoms with E-state index in [9.17, 15) is 18.0 Å². The van der Waals surface area contributed by atoms with Crippen LogP contribution in [-0.2, 0) is 26.2 Å². The largest absolute Gasteiger partial charge is 0.352 e. The minimum atomic E-state index is -4.09. The molecular formula is C31H39N3O4S2. The van der Waals surface area contributed by atoms with Crippen LogP contribution in [0, 0.1) is 13.8 Å². The first kappa shape index (κ1) is 31.2. The normalized spacial score (nSPS) is 12.8. The number of carbonyl (C=O) groups is 2. The molecule has 0 saturated carbocycles. The third-order valence-corrected chi connectivity index (χ3v) is 9.38. The van der Waals surface area contributed by atoms with Crippen LogP contribution in [0.5, 0.6) is 0 Å². The molecule has 0 bridgehead atoms. The predicted molar refractivity (Wildman–Crippen MR) is 163 cm³/mol. The van der Waals surface area contributed by atoms with Crippen LogP contribution in [0.25, 0.3) is 0 Å². The number of amides is 2. The molecule has 9 heteroatoms. The maximum absolute atomic E-state index is 14.0. The van der Waals surface area contributed by atoms with Crippen LogP contribution in [0.15, 0.2) is 82.6 Å². The van der Waals surface area contributed by atoms with Crippen molar-refractivity contribution < 1.29 is 18.0 Å². The molecule has 2 atom stereocenters. The highest BCUT2D eigenvalue weighted by Crippen LogP contribution is 2.26. The van der Waals surface area contributed by atoms with Gasteiger partial charge < -0.3 is 10.2 Å². The van der Waals surface area contributed by atoms with Gasteiger partial charge in [0.2, 0.25) is 11.8 Å². The molecule has 0 unspecified atom stereocenters. The molecule has 7 nitrogen and oxygen atoms in total. The Morgan fingerprint density at radius 3 is 2.15 bits per heavy atom. The highest BCUT2D eigenvalue weighted by molar-refractivity contribution is 7.98. The van der Waals surface area contributed by atoms with E-state index >= 15 is 0 Å². The van der Waals surface area contributed by atoms with E-state index < -0.39 is 28.5 Å². The number of rotatable bonds is 12. The van der Waals surface area contributed by atoms with Gasteiger partial charge in [-0.2, -0.15) is 0 Å². The zero-order valence-corrected chi connectivity index (χ0v) is 25.7. The Bertz CT molecular complexity index is 1410. The van der Waals surface area contributed by atoms with Crippen LogP contribution < -0.4 is 9.62 Å². The van der Waals surface area contributed by atoms with Crippen LogP contribution in [0.1, 0.15) is 43.9 Å². The van der Waals surface area contributed by atoms with Crippen molar-refractivity contribution in [2.75, 3.05) is 17.1 Å². The number of sulfonamides is 1.